The highest BCUT2D eigenvalue weighted by Crippen LogP contribution is 2.56. The molecular formula is C21H25N5O5. The maximum Gasteiger partial charge on any atom is 0.412 e. The minimum atomic E-state index is -0.734. The van der Waals surface area contributed by atoms with Crippen molar-refractivity contribution in [3.05, 3.63) is 17.8 Å². The van der Waals surface area contributed by atoms with E-state index in [4.69, 9.17) is 9.47 Å². The van der Waals surface area contributed by atoms with Gasteiger partial charge in [-0.05, 0) is 62.5 Å². The van der Waals surface area contributed by atoms with Crippen LogP contribution in [0.4, 0.5) is 10.6 Å². The van der Waals surface area contributed by atoms with E-state index in [1.165, 1.54) is 4.68 Å². The van der Waals surface area contributed by atoms with Gasteiger partial charge in [0.15, 0.2) is 11.5 Å². The number of ether oxygens (including phenoxy) is 2. The van der Waals surface area contributed by atoms with Gasteiger partial charge in [0, 0.05) is 7.05 Å². The van der Waals surface area contributed by atoms with Crippen molar-refractivity contribution in [3.63, 3.8) is 0 Å². The predicted molar refractivity (Wildman–Crippen MR) is 108 cm³/mol. The molecular weight excluding hydrogens is 402 g/mol. The summed E-state index contributed by atoms with van der Waals surface area (Å²) in [6, 6.07) is 3.58. The third kappa shape index (κ3) is 3.94. The molecule has 3 aliphatic carbocycles. The number of pyridine rings is 1. The molecule has 164 valence electrons. The van der Waals surface area contributed by atoms with Crippen LogP contribution in [0.2, 0.25) is 0 Å². The lowest BCUT2D eigenvalue weighted by atomic mass is 10.0. The molecule has 3 aliphatic rings. The van der Waals surface area contributed by atoms with E-state index in [1.54, 1.807) is 13.1 Å². The topological polar surface area (TPSA) is 128 Å². The molecule has 0 saturated heterocycles. The number of hydrogen-bond donors (Lipinski definition) is 2. The maximum absolute atomic E-state index is 12.1. The van der Waals surface area contributed by atoms with Gasteiger partial charge in [0.25, 0.3) is 0 Å². The highest BCUT2D eigenvalue weighted by atomic mass is 16.5. The number of anilines is 1. The smallest absolute Gasteiger partial charge is 0.412 e. The van der Waals surface area contributed by atoms with Crippen LogP contribution in [0.3, 0.4) is 0 Å². The number of aromatic nitrogens is 4. The van der Waals surface area contributed by atoms with Crippen molar-refractivity contribution in [1.82, 2.24) is 20.0 Å². The predicted octanol–water partition coefficient (Wildman–Crippen LogP) is 2.63. The minimum absolute atomic E-state index is 0.0903. The first kappa shape index (κ1) is 19.8. The summed E-state index contributed by atoms with van der Waals surface area (Å²) in [6.45, 7) is 2.25. The van der Waals surface area contributed by atoms with Crippen LogP contribution in [-0.4, -0.2) is 49.9 Å². The van der Waals surface area contributed by atoms with E-state index in [2.05, 4.69) is 20.6 Å². The number of carbonyl (C=O) groups excluding carboxylic acids is 1. The summed E-state index contributed by atoms with van der Waals surface area (Å²) in [5.74, 6) is 1.02. The quantitative estimate of drug-likeness (QED) is 0.690. The number of rotatable bonds is 7. The number of hydrogen-bond acceptors (Lipinski definition) is 7. The Morgan fingerprint density at radius 1 is 1.26 bits per heavy atom. The van der Waals surface area contributed by atoms with Gasteiger partial charge in [-0.3, -0.25) is 10.1 Å². The fourth-order valence-electron chi connectivity index (χ4n) is 4.39. The lowest BCUT2D eigenvalue weighted by molar-refractivity contribution is -0.142. The zero-order valence-corrected chi connectivity index (χ0v) is 17.4. The molecule has 0 spiro atoms. The summed E-state index contributed by atoms with van der Waals surface area (Å²) in [5, 5.41) is 20.2. The number of nitrogens with one attached hydrogen (secondary N) is 1. The molecule has 3 saturated carbocycles. The molecule has 2 aromatic rings. The number of carboxylic acid groups (broad SMARTS) is 1. The zero-order chi connectivity index (χ0) is 21.7. The van der Waals surface area contributed by atoms with Crippen molar-refractivity contribution in [2.75, 3.05) is 11.9 Å². The van der Waals surface area contributed by atoms with Crippen molar-refractivity contribution in [2.45, 2.75) is 38.7 Å². The number of amides is 1. The van der Waals surface area contributed by atoms with Gasteiger partial charge in [0.2, 0.25) is 0 Å². The van der Waals surface area contributed by atoms with E-state index < -0.39 is 12.1 Å². The summed E-state index contributed by atoms with van der Waals surface area (Å²) in [6.07, 6.45) is 3.02. The number of carboxylic acids is 1. The lowest BCUT2D eigenvalue weighted by Crippen LogP contribution is -2.21. The highest BCUT2D eigenvalue weighted by Gasteiger charge is 2.58. The van der Waals surface area contributed by atoms with Gasteiger partial charge in [-0.25, -0.2) is 14.5 Å². The Bertz CT molecular complexity index is 1030. The minimum Gasteiger partial charge on any atom is -0.488 e. The molecule has 4 atom stereocenters. The second-order valence-corrected chi connectivity index (χ2v) is 8.76. The van der Waals surface area contributed by atoms with Gasteiger partial charge in [-0.15, -0.1) is 5.10 Å². The summed E-state index contributed by atoms with van der Waals surface area (Å²) in [5.41, 5.74) is 1.66. The van der Waals surface area contributed by atoms with Gasteiger partial charge >= 0.3 is 12.1 Å². The summed E-state index contributed by atoms with van der Waals surface area (Å²) >= 11 is 0. The molecule has 1 amide bonds. The van der Waals surface area contributed by atoms with Gasteiger partial charge in [0.05, 0.1) is 23.9 Å². The van der Waals surface area contributed by atoms with E-state index in [0.717, 1.165) is 19.3 Å². The molecule has 2 N–H and O–H groups in total. The normalized spacial score (nSPS) is 26.3. The van der Waals surface area contributed by atoms with Crippen LogP contribution >= 0.6 is 0 Å². The molecule has 0 radical (unpaired) electrons. The van der Waals surface area contributed by atoms with Crippen LogP contribution in [0.15, 0.2) is 12.1 Å². The summed E-state index contributed by atoms with van der Waals surface area (Å²) in [7, 11) is 1.68. The zero-order valence-electron chi connectivity index (χ0n) is 17.4. The second-order valence-electron chi connectivity index (χ2n) is 8.76. The van der Waals surface area contributed by atoms with Crippen molar-refractivity contribution in [3.8, 4) is 17.1 Å². The molecule has 5 rings (SSSR count). The standard InChI is InChI=1S/C21H25N5O5/c1-10-16(31-17-8-14(20(27)28)12-7-13(12)17)6-5-15(22-10)18-19(26(2)25-24-18)23-21(29)30-9-11-3-4-11/h5-6,11-14,17H,3-4,7-9H2,1-2H3,(H,23,29)(H,27,28)/t12-,13+,14+,17+/m1/s1. The second kappa shape index (κ2) is 7.51. The van der Waals surface area contributed by atoms with Crippen molar-refractivity contribution >= 4 is 17.9 Å². The van der Waals surface area contributed by atoms with Gasteiger partial charge in [0.1, 0.15) is 11.9 Å². The Balaban J connectivity index is 1.29. The Morgan fingerprint density at radius 2 is 2.06 bits per heavy atom. The van der Waals surface area contributed by atoms with E-state index >= 15 is 0 Å². The van der Waals surface area contributed by atoms with Gasteiger partial charge < -0.3 is 14.6 Å². The van der Waals surface area contributed by atoms with Crippen LogP contribution in [-0.2, 0) is 16.6 Å². The Labute approximate surface area is 178 Å². The van der Waals surface area contributed by atoms with Crippen LogP contribution in [0.25, 0.3) is 11.4 Å². The van der Waals surface area contributed by atoms with Gasteiger partial charge in [-0.1, -0.05) is 5.21 Å². The molecule has 0 aliphatic heterocycles. The maximum atomic E-state index is 12.1. The average Bonchev–Trinajstić information content (AvgIpc) is 3.65. The Kier molecular flexibility index (Phi) is 4.79. The van der Waals surface area contributed by atoms with Gasteiger partial charge in [-0.2, -0.15) is 0 Å². The molecule has 0 aromatic carbocycles. The van der Waals surface area contributed by atoms with Crippen molar-refractivity contribution < 1.29 is 24.2 Å². The van der Waals surface area contributed by atoms with Crippen LogP contribution in [0.5, 0.6) is 5.75 Å². The lowest BCUT2D eigenvalue weighted by Gasteiger charge is -2.18. The molecule has 31 heavy (non-hydrogen) atoms. The number of aliphatic carboxylic acids is 1. The van der Waals surface area contributed by atoms with Crippen molar-refractivity contribution in [1.29, 1.82) is 0 Å². The van der Waals surface area contributed by atoms with E-state index in [0.29, 0.717) is 53.5 Å². The molecule has 10 nitrogen and oxygen atoms in total. The molecule has 3 fully saturated rings. The third-order valence-electron chi connectivity index (χ3n) is 6.44. The number of fused-ring (bicyclic) bond motifs is 1. The molecule has 2 aromatic heterocycles. The first-order valence-electron chi connectivity index (χ1n) is 10.6. The number of aryl methyl sites for hydroxylation is 2. The molecule has 0 bridgehead atoms. The fraction of sp³-hybridized carbons (Fsp3) is 0.571. The third-order valence-corrected chi connectivity index (χ3v) is 6.44. The Hall–Kier alpha value is -3.17. The van der Waals surface area contributed by atoms with Crippen molar-refractivity contribution in [2.24, 2.45) is 30.7 Å². The number of carbonyl (C=O) groups is 2. The van der Waals surface area contributed by atoms with E-state index in [-0.39, 0.29) is 17.9 Å². The fourth-order valence-corrected chi connectivity index (χ4v) is 4.39. The van der Waals surface area contributed by atoms with Crippen LogP contribution in [0, 0.1) is 30.6 Å². The monoisotopic (exact) mass is 427 g/mol. The summed E-state index contributed by atoms with van der Waals surface area (Å²) < 4.78 is 12.8. The van der Waals surface area contributed by atoms with E-state index in [9.17, 15) is 14.7 Å². The number of nitrogens with zero attached hydrogens (tertiary/aromatic N) is 4. The molecule has 2 heterocycles. The Morgan fingerprint density at radius 3 is 2.74 bits per heavy atom. The average molecular weight is 427 g/mol. The van der Waals surface area contributed by atoms with Crippen LogP contribution in [0.1, 0.15) is 31.4 Å². The molecule has 10 heteroatoms. The largest absolute Gasteiger partial charge is 0.488 e. The van der Waals surface area contributed by atoms with E-state index in [1.807, 2.05) is 13.0 Å². The summed E-state index contributed by atoms with van der Waals surface area (Å²) in [4.78, 5) is 28.1. The first-order valence-corrected chi connectivity index (χ1v) is 10.6. The van der Waals surface area contributed by atoms with Crippen LogP contribution < -0.4 is 10.1 Å². The highest BCUT2D eigenvalue weighted by molar-refractivity contribution is 5.88. The SMILES string of the molecule is Cc1nc(-c2nnn(C)c2NC(=O)OCC2CC2)ccc1O[C@H]1C[C@H](C(=O)O)[C@@H]2C[C@@H]21. The molecule has 0 unspecified atom stereocenters. The first-order chi connectivity index (χ1) is 14.9.